The Morgan fingerprint density at radius 3 is 2.27 bits per heavy atom. The molecule has 1 heterocycles. The number of carbonyl (C=O) groups is 1. The molecule has 0 radical (unpaired) electrons. The van der Waals surface area contributed by atoms with Gasteiger partial charge in [-0.2, -0.15) is 13.2 Å². The summed E-state index contributed by atoms with van der Waals surface area (Å²) in [5.41, 5.74) is -5.19. The maximum atomic E-state index is 12.4. The molecule has 16 heteroatoms. The normalized spacial score (nSPS) is 27.4. The summed E-state index contributed by atoms with van der Waals surface area (Å²) in [5, 5.41) is 32.3. The van der Waals surface area contributed by atoms with Crippen LogP contribution in [-0.2, 0) is 14.8 Å². The van der Waals surface area contributed by atoms with Crippen molar-refractivity contribution in [1.29, 1.82) is 0 Å². The third-order valence-electron chi connectivity index (χ3n) is 3.90. The minimum absolute atomic E-state index is 0.0812. The van der Waals surface area contributed by atoms with Gasteiger partial charge in [0.1, 0.15) is 30.2 Å². The van der Waals surface area contributed by atoms with Crippen molar-refractivity contribution >= 4 is 44.6 Å². The molecule has 0 saturated carbocycles. The maximum Gasteiger partial charge on any atom is 0.511 e. The smallest absolute Gasteiger partial charge is 0.462 e. The van der Waals surface area contributed by atoms with E-state index >= 15 is 0 Å². The number of anilines is 1. The molecule has 1 fully saturated rings. The molecule has 0 aliphatic carbocycles. The van der Waals surface area contributed by atoms with E-state index < -0.39 is 58.8 Å². The lowest BCUT2D eigenvalue weighted by Gasteiger charge is -2.40. The molecule has 0 unspecified atom stereocenters. The molecular weight excluding hydrogens is 554 g/mol. The first kappa shape index (κ1) is 24.8. The molecule has 0 spiro atoms. The lowest BCUT2D eigenvalue weighted by molar-refractivity contribution is -0.270. The molecule has 1 saturated heterocycles. The number of ether oxygens (including phenoxy) is 2. The van der Waals surface area contributed by atoms with E-state index in [1.807, 2.05) is 0 Å². The van der Waals surface area contributed by atoms with E-state index in [0.29, 0.717) is 5.69 Å². The van der Waals surface area contributed by atoms with Crippen molar-refractivity contribution in [3.63, 3.8) is 0 Å². The first-order valence-corrected chi connectivity index (χ1v) is 10.6. The zero-order valence-corrected chi connectivity index (χ0v) is 17.7. The molecule has 1 aliphatic rings. The minimum atomic E-state index is -5.71. The lowest BCUT2D eigenvalue weighted by atomic mass is 9.99. The van der Waals surface area contributed by atoms with Crippen LogP contribution in [0.25, 0.3) is 0 Å². The number of halogens is 4. The Hall–Kier alpha value is -1.44. The van der Waals surface area contributed by atoms with Gasteiger partial charge in [0.15, 0.2) is 0 Å². The van der Waals surface area contributed by atoms with Gasteiger partial charge in [-0.3, -0.25) is 3.53 Å². The van der Waals surface area contributed by atoms with E-state index in [9.17, 15) is 41.7 Å². The fourth-order valence-corrected chi connectivity index (χ4v) is 3.04. The van der Waals surface area contributed by atoms with Crippen LogP contribution in [0, 0.1) is 0 Å². The molecule has 5 atom stereocenters. The number of hydrogen-bond donors (Lipinski definition) is 6. The molecule has 30 heavy (non-hydrogen) atoms. The van der Waals surface area contributed by atoms with E-state index in [2.05, 4.69) is 8.85 Å². The number of aliphatic hydroxyl groups is 3. The number of hydrogen-bond acceptors (Lipinski definition) is 8. The summed E-state index contributed by atoms with van der Waals surface area (Å²) in [5.74, 6) is 0.0812. The van der Waals surface area contributed by atoms with Crippen molar-refractivity contribution in [2.75, 3.05) is 11.9 Å². The van der Waals surface area contributed by atoms with Gasteiger partial charge < -0.3 is 30.1 Å². The highest BCUT2D eigenvalue weighted by Crippen LogP contribution is 2.26. The summed E-state index contributed by atoms with van der Waals surface area (Å²) in [4.78, 5) is 11.2. The molecule has 11 nitrogen and oxygen atoms in total. The van der Waals surface area contributed by atoms with Crippen LogP contribution in [0.4, 0.5) is 23.7 Å². The maximum absolute atomic E-state index is 12.4. The van der Waals surface area contributed by atoms with Gasteiger partial charge in [-0.15, -0.1) is 0 Å². The average molecular weight is 571 g/mol. The van der Waals surface area contributed by atoms with Gasteiger partial charge in [0.05, 0.1) is 22.9 Å². The second kappa shape index (κ2) is 9.79. The van der Waals surface area contributed by atoms with Gasteiger partial charge in [0.2, 0.25) is 6.29 Å². The molecule has 2 amide bonds. The molecule has 0 aromatic heterocycles. The molecule has 1 aliphatic heterocycles. The minimum Gasteiger partial charge on any atom is -0.462 e. The number of amides is 2. The summed E-state index contributed by atoms with van der Waals surface area (Å²) in [6, 6.07) is 5.08. The van der Waals surface area contributed by atoms with Crippen molar-refractivity contribution in [3.8, 4) is 5.75 Å². The van der Waals surface area contributed by atoms with Crippen LogP contribution in [0.5, 0.6) is 5.75 Å². The Kier molecular flexibility index (Phi) is 8.10. The van der Waals surface area contributed by atoms with Crippen molar-refractivity contribution in [1.82, 2.24) is 8.25 Å². The topological polar surface area (TPSA) is 166 Å². The highest BCUT2D eigenvalue weighted by atomic mass is 127. The quantitative estimate of drug-likeness (QED) is 0.202. The summed E-state index contributed by atoms with van der Waals surface area (Å²) in [7, 11) is -5.71. The lowest BCUT2D eigenvalue weighted by Crippen LogP contribution is -2.61. The highest BCUT2D eigenvalue weighted by molar-refractivity contribution is 14.1. The Morgan fingerprint density at radius 1 is 1.13 bits per heavy atom. The number of alkyl halides is 3. The predicted molar refractivity (Wildman–Crippen MR) is 103 cm³/mol. The molecule has 1 aromatic carbocycles. The van der Waals surface area contributed by atoms with Crippen LogP contribution in [0.1, 0.15) is 0 Å². The second-order valence-corrected chi connectivity index (χ2v) is 8.30. The van der Waals surface area contributed by atoms with Gasteiger partial charge >= 0.3 is 21.6 Å². The number of carbonyl (C=O) groups excluding carboxylic acids is 1. The van der Waals surface area contributed by atoms with E-state index in [4.69, 9.17) is 9.47 Å². The Balaban J connectivity index is 2.06. The fourth-order valence-electron chi connectivity index (χ4n) is 2.36. The van der Waals surface area contributed by atoms with E-state index in [-0.39, 0.29) is 5.75 Å². The zero-order valence-electron chi connectivity index (χ0n) is 14.7. The van der Waals surface area contributed by atoms with Crippen LogP contribution in [0.15, 0.2) is 24.3 Å². The van der Waals surface area contributed by atoms with Crippen molar-refractivity contribution in [3.05, 3.63) is 24.3 Å². The van der Waals surface area contributed by atoms with Gasteiger partial charge in [-0.1, -0.05) is 0 Å². The molecule has 1 aromatic rings. The standard InChI is InChI=1S/C14H17F3IN3O8S/c15-14(16,17)30(26,27)19-5-8-9(22)10(23)11(24)12(29-8)28-7-3-1-6(2-4-7)20-13(25)21-18/h1-4,8-12,19,22-24H,5H2,(H2,20,21,25)/t8-,9-,10+,11+,12+/m1/s1. The van der Waals surface area contributed by atoms with Crippen LogP contribution < -0.4 is 18.3 Å². The number of rotatable bonds is 6. The third kappa shape index (κ3) is 6.05. The van der Waals surface area contributed by atoms with Crippen LogP contribution in [0.3, 0.4) is 0 Å². The summed E-state index contributed by atoms with van der Waals surface area (Å²) >= 11 is 1.63. The van der Waals surface area contributed by atoms with Crippen LogP contribution in [-0.4, -0.2) is 72.5 Å². The van der Waals surface area contributed by atoms with Gasteiger partial charge in [-0.05, 0) is 24.3 Å². The van der Waals surface area contributed by atoms with Crippen molar-refractivity contribution in [2.24, 2.45) is 0 Å². The van der Waals surface area contributed by atoms with E-state index in [1.54, 1.807) is 22.9 Å². The van der Waals surface area contributed by atoms with Crippen LogP contribution in [0.2, 0.25) is 0 Å². The highest BCUT2D eigenvalue weighted by Gasteiger charge is 2.49. The SMILES string of the molecule is O=C(NI)Nc1ccc(O[C@H]2O[C@H](CNS(=O)(=O)C(F)(F)F)[C@@H](O)[C@H](O)[C@@H]2O)cc1. The van der Waals surface area contributed by atoms with Crippen LogP contribution >= 0.6 is 22.9 Å². The predicted octanol–water partition coefficient (Wildman–Crippen LogP) is -0.216. The van der Waals surface area contributed by atoms with E-state index in [1.165, 1.54) is 29.0 Å². The summed E-state index contributed by atoms with van der Waals surface area (Å²) in [6.45, 7) is -1.04. The average Bonchev–Trinajstić information content (AvgIpc) is 2.67. The summed E-state index contributed by atoms with van der Waals surface area (Å²) in [6.07, 6.45) is -8.87. The van der Waals surface area contributed by atoms with Gasteiger partial charge in [0, 0.05) is 12.2 Å². The van der Waals surface area contributed by atoms with Crippen molar-refractivity contribution in [2.45, 2.75) is 36.2 Å². The van der Waals surface area contributed by atoms with E-state index in [0.717, 1.165) is 0 Å². The van der Waals surface area contributed by atoms with Gasteiger partial charge in [-0.25, -0.2) is 17.9 Å². The molecule has 2 rings (SSSR count). The molecule has 6 N–H and O–H groups in total. The largest absolute Gasteiger partial charge is 0.511 e. The zero-order chi connectivity index (χ0) is 22.7. The first-order valence-electron chi connectivity index (χ1n) is 8.05. The number of sulfonamides is 1. The summed E-state index contributed by atoms with van der Waals surface area (Å²) < 4.78 is 73.5. The Morgan fingerprint density at radius 2 is 1.73 bits per heavy atom. The molecular formula is C14H17F3IN3O8S. The number of aliphatic hydroxyl groups excluding tert-OH is 3. The Labute approximate surface area is 182 Å². The first-order chi connectivity index (χ1) is 13.9. The number of urea groups is 1. The number of nitrogens with one attached hydrogen (secondary N) is 3. The molecule has 0 bridgehead atoms. The third-order valence-corrected chi connectivity index (χ3v) is 5.54. The van der Waals surface area contributed by atoms with Crippen molar-refractivity contribution < 1.29 is 51.2 Å². The fraction of sp³-hybridized carbons (Fsp3) is 0.500. The molecule has 170 valence electrons. The Bertz CT molecular complexity index is 842. The van der Waals surface area contributed by atoms with Gasteiger partial charge in [0.25, 0.3) is 0 Å². The number of benzene rings is 1. The monoisotopic (exact) mass is 571 g/mol. The second-order valence-electron chi connectivity index (χ2n) is 6.00.